The Kier molecular flexibility index (Phi) is 4.99. The average Bonchev–Trinajstić information content (AvgIpc) is 2.82. The first kappa shape index (κ1) is 18.9. The molecule has 0 unspecified atom stereocenters. The molecule has 30 heavy (non-hydrogen) atoms. The predicted octanol–water partition coefficient (Wildman–Crippen LogP) is 5.67. The van der Waals surface area contributed by atoms with E-state index in [1.54, 1.807) is 0 Å². The van der Waals surface area contributed by atoms with Crippen LogP contribution in [0.3, 0.4) is 0 Å². The van der Waals surface area contributed by atoms with Crippen LogP contribution in [0.4, 0.5) is 11.4 Å². The summed E-state index contributed by atoms with van der Waals surface area (Å²) in [5, 5.41) is 2.39. The summed E-state index contributed by atoms with van der Waals surface area (Å²) in [5.41, 5.74) is 4.60. The Balaban J connectivity index is 1.53. The van der Waals surface area contributed by atoms with Gasteiger partial charge in [-0.1, -0.05) is 49.2 Å². The number of para-hydroxylation sites is 2. The van der Waals surface area contributed by atoms with Crippen molar-refractivity contribution in [3.8, 4) is 0 Å². The van der Waals surface area contributed by atoms with Crippen LogP contribution in [0.1, 0.15) is 25.7 Å². The van der Waals surface area contributed by atoms with Crippen LogP contribution < -0.4 is 9.80 Å². The minimum atomic E-state index is 0.426. The molecule has 0 saturated heterocycles. The second-order valence-corrected chi connectivity index (χ2v) is 8.35. The number of anilines is 2. The summed E-state index contributed by atoms with van der Waals surface area (Å²) in [6.07, 6.45) is 8.70. The van der Waals surface area contributed by atoms with Crippen molar-refractivity contribution < 1.29 is 0 Å². The molecular weight excluding hydrogens is 368 g/mol. The predicted molar refractivity (Wildman–Crippen MR) is 126 cm³/mol. The molecule has 0 N–H and O–H groups in total. The largest absolute Gasteiger partial charge is 0.368 e. The highest BCUT2D eigenvalue weighted by atomic mass is 15.2. The van der Waals surface area contributed by atoms with Crippen molar-refractivity contribution >= 4 is 33.2 Å². The molecule has 2 heterocycles. The van der Waals surface area contributed by atoms with Crippen molar-refractivity contribution in [1.82, 2.24) is 9.97 Å². The number of nitrogens with zero attached hydrogens (tertiary/aromatic N) is 4. The van der Waals surface area contributed by atoms with Gasteiger partial charge in [-0.15, -0.1) is 0 Å². The number of likely N-dealkylation sites (N-methyl/N-ethyl adjacent to an activating group) is 2. The molecule has 4 heteroatoms. The van der Waals surface area contributed by atoms with Crippen LogP contribution in [-0.4, -0.2) is 36.1 Å². The summed E-state index contributed by atoms with van der Waals surface area (Å²) in [6, 6.07) is 22.2. The molecule has 2 atom stereocenters. The molecule has 2 aromatic heterocycles. The molecule has 152 valence electrons. The fraction of sp³-hybridized carbons (Fsp3) is 0.308. The highest BCUT2D eigenvalue weighted by Gasteiger charge is 2.33. The van der Waals surface area contributed by atoms with Gasteiger partial charge in [-0.2, -0.15) is 0 Å². The maximum absolute atomic E-state index is 4.70. The van der Waals surface area contributed by atoms with E-state index in [-0.39, 0.29) is 0 Å². The van der Waals surface area contributed by atoms with Crippen molar-refractivity contribution in [3.05, 3.63) is 73.1 Å². The Bertz CT molecular complexity index is 1070. The molecular formula is C26H28N4. The molecule has 1 fully saturated rings. The smallest absolute Gasteiger partial charge is 0.0935 e. The number of hydrogen-bond donors (Lipinski definition) is 0. The van der Waals surface area contributed by atoms with E-state index in [1.165, 1.54) is 47.8 Å². The van der Waals surface area contributed by atoms with E-state index >= 15 is 0 Å². The topological polar surface area (TPSA) is 32.3 Å². The zero-order valence-corrected chi connectivity index (χ0v) is 17.7. The Morgan fingerprint density at radius 2 is 1.07 bits per heavy atom. The Hall–Kier alpha value is -3.14. The van der Waals surface area contributed by atoms with E-state index in [2.05, 4.69) is 72.4 Å². The van der Waals surface area contributed by atoms with E-state index in [0.29, 0.717) is 12.1 Å². The summed E-state index contributed by atoms with van der Waals surface area (Å²) in [5.74, 6) is 0. The normalized spacial score (nSPS) is 19.1. The molecule has 0 amide bonds. The molecule has 0 bridgehead atoms. The Morgan fingerprint density at radius 1 is 0.633 bits per heavy atom. The van der Waals surface area contributed by atoms with Crippen molar-refractivity contribution in [3.63, 3.8) is 0 Å². The van der Waals surface area contributed by atoms with Gasteiger partial charge in [-0.25, -0.2) is 0 Å². The lowest BCUT2D eigenvalue weighted by Crippen LogP contribution is -2.51. The molecule has 1 saturated carbocycles. The molecule has 5 rings (SSSR count). The molecule has 4 nitrogen and oxygen atoms in total. The van der Waals surface area contributed by atoms with Gasteiger partial charge in [0.1, 0.15) is 0 Å². The minimum Gasteiger partial charge on any atom is -0.368 e. The van der Waals surface area contributed by atoms with Crippen LogP contribution in [0.25, 0.3) is 21.8 Å². The monoisotopic (exact) mass is 396 g/mol. The van der Waals surface area contributed by atoms with Gasteiger partial charge in [0.2, 0.25) is 0 Å². The Labute approximate surface area is 178 Å². The summed E-state index contributed by atoms with van der Waals surface area (Å²) in [4.78, 5) is 14.3. The lowest BCUT2D eigenvalue weighted by Gasteiger charge is -2.44. The number of pyridine rings is 2. The number of fused-ring (bicyclic) bond motifs is 2. The van der Waals surface area contributed by atoms with Crippen LogP contribution in [0.15, 0.2) is 73.1 Å². The third-order valence-electron chi connectivity index (χ3n) is 6.67. The van der Waals surface area contributed by atoms with Crippen molar-refractivity contribution in [2.45, 2.75) is 37.8 Å². The quantitative estimate of drug-likeness (QED) is 0.445. The van der Waals surface area contributed by atoms with Crippen LogP contribution >= 0.6 is 0 Å². The third kappa shape index (κ3) is 3.26. The van der Waals surface area contributed by atoms with E-state index in [9.17, 15) is 0 Å². The van der Waals surface area contributed by atoms with Gasteiger partial charge >= 0.3 is 0 Å². The summed E-state index contributed by atoms with van der Waals surface area (Å²) in [7, 11) is 4.48. The maximum Gasteiger partial charge on any atom is 0.0935 e. The first-order valence-corrected chi connectivity index (χ1v) is 10.9. The van der Waals surface area contributed by atoms with Crippen LogP contribution in [-0.2, 0) is 0 Å². The van der Waals surface area contributed by atoms with Gasteiger partial charge in [0.05, 0.1) is 22.4 Å². The molecule has 1 aliphatic rings. The third-order valence-corrected chi connectivity index (χ3v) is 6.67. The zero-order chi connectivity index (χ0) is 20.5. The lowest BCUT2D eigenvalue weighted by molar-refractivity contribution is 0.364. The number of benzene rings is 2. The van der Waals surface area contributed by atoms with Gasteiger partial charge in [0.15, 0.2) is 0 Å². The van der Waals surface area contributed by atoms with Gasteiger partial charge in [0.25, 0.3) is 0 Å². The number of hydrogen-bond acceptors (Lipinski definition) is 4. The van der Waals surface area contributed by atoms with Crippen molar-refractivity contribution in [2.75, 3.05) is 23.9 Å². The van der Waals surface area contributed by atoms with Gasteiger partial charge < -0.3 is 9.80 Å². The highest BCUT2D eigenvalue weighted by Crippen LogP contribution is 2.35. The average molecular weight is 397 g/mol. The van der Waals surface area contributed by atoms with Crippen LogP contribution in [0.5, 0.6) is 0 Å². The molecule has 4 aromatic rings. The van der Waals surface area contributed by atoms with E-state index in [1.807, 2.05) is 24.5 Å². The summed E-state index contributed by atoms with van der Waals surface area (Å²) < 4.78 is 0. The van der Waals surface area contributed by atoms with Crippen LogP contribution in [0.2, 0.25) is 0 Å². The zero-order valence-electron chi connectivity index (χ0n) is 17.7. The second-order valence-electron chi connectivity index (χ2n) is 8.35. The molecule has 2 aromatic carbocycles. The van der Waals surface area contributed by atoms with Crippen molar-refractivity contribution in [2.24, 2.45) is 0 Å². The van der Waals surface area contributed by atoms with E-state index in [4.69, 9.17) is 9.97 Å². The number of rotatable bonds is 4. The molecule has 0 spiro atoms. The van der Waals surface area contributed by atoms with Gasteiger partial charge in [-0.3, -0.25) is 9.97 Å². The first-order valence-electron chi connectivity index (χ1n) is 10.9. The highest BCUT2D eigenvalue weighted by molar-refractivity contribution is 5.92. The molecule has 0 radical (unpaired) electrons. The standard InChI is InChI=1S/C26H28N4/c1-29(23-15-5-9-19-11-7-17-27-25(19)23)21-13-3-4-14-22(21)30(2)24-16-6-10-20-12-8-18-28-26(20)24/h5-12,15-18,21-22H,3-4,13-14H2,1-2H3/t21-,22-/m1/s1. The molecule has 0 aliphatic heterocycles. The van der Waals surface area contributed by atoms with Gasteiger partial charge in [0, 0.05) is 49.3 Å². The maximum atomic E-state index is 4.70. The summed E-state index contributed by atoms with van der Waals surface area (Å²) in [6.45, 7) is 0. The van der Waals surface area contributed by atoms with Crippen LogP contribution in [0, 0.1) is 0 Å². The second kappa shape index (κ2) is 7.94. The number of aromatic nitrogens is 2. The van der Waals surface area contributed by atoms with E-state index in [0.717, 1.165) is 11.0 Å². The first-order chi connectivity index (χ1) is 14.7. The fourth-order valence-electron chi connectivity index (χ4n) is 5.10. The van der Waals surface area contributed by atoms with E-state index < -0.39 is 0 Å². The fourth-order valence-corrected chi connectivity index (χ4v) is 5.10. The Morgan fingerprint density at radius 3 is 1.53 bits per heavy atom. The summed E-state index contributed by atoms with van der Waals surface area (Å²) >= 11 is 0. The molecule has 1 aliphatic carbocycles. The van der Waals surface area contributed by atoms with Crippen molar-refractivity contribution in [1.29, 1.82) is 0 Å². The SMILES string of the molecule is CN(c1cccc2cccnc12)[C@@H]1CCCC[C@H]1N(C)c1cccc2cccnc12. The minimum absolute atomic E-state index is 0.426. The van der Waals surface area contributed by atoms with Gasteiger partial charge in [-0.05, 0) is 37.1 Å². The lowest BCUT2D eigenvalue weighted by atomic mass is 9.87.